The first kappa shape index (κ1) is 6.05. The standard InChI is InChI=1S/C5H7ClO2/c6-4-1-2-8-5(4)3-7/h3-5H,1-2H2. The summed E-state index contributed by atoms with van der Waals surface area (Å²) >= 11 is 5.62. The number of halogens is 1. The lowest BCUT2D eigenvalue weighted by molar-refractivity contribution is -0.115. The third-order valence-electron chi connectivity index (χ3n) is 1.19. The number of hydrogen-bond donors (Lipinski definition) is 0. The van der Waals surface area contributed by atoms with E-state index >= 15 is 0 Å². The molecular formula is C5H7ClO2. The Kier molecular flexibility index (Phi) is 1.86. The van der Waals surface area contributed by atoms with Crippen molar-refractivity contribution in [3.63, 3.8) is 0 Å². The molecule has 0 aliphatic carbocycles. The minimum absolute atomic E-state index is 0.0903. The molecule has 0 amide bonds. The number of carbonyl (C=O) groups excluding carboxylic acids is 1. The average molecular weight is 135 g/mol. The number of alkyl halides is 1. The lowest BCUT2D eigenvalue weighted by Crippen LogP contribution is -2.16. The van der Waals surface area contributed by atoms with Gasteiger partial charge in [-0.1, -0.05) is 0 Å². The van der Waals surface area contributed by atoms with Crippen molar-refractivity contribution >= 4 is 17.9 Å². The highest BCUT2D eigenvalue weighted by molar-refractivity contribution is 6.22. The Bertz CT molecular complexity index is 94.4. The molecule has 0 aromatic rings. The molecule has 46 valence electrons. The smallest absolute Gasteiger partial charge is 0.150 e. The fourth-order valence-corrected chi connectivity index (χ4v) is 0.931. The minimum atomic E-state index is -0.350. The largest absolute Gasteiger partial charge is 0.369 e. The Morgan fingerprint density at radius 1 is 1.75 bits per heavy atom. The molecule has 1 fully saturated rings. The molecule has 0 aromatic heterocycles. The first-order valence-corrected chi connectivity index (χ1v) is 2.99. The second-order valence-corrected chi connectivity index (χ2v) is 2.34. The summed E-state index contributed by atoms with van der Waals surface area (Å²) < 4.78 is 4.91. The Hall–Kier alpha value is -0.0800. The fraction of sp³-hybridized carbons (Fsp3) is 0.800. The maximum Gasteiger partial charge on any atom is 0.150 e. The molecule has 1 rings (SSSR count). The maximum atomic E-state index is 10.0. The van der Waals surface area contributed by atoms with Gasteiger partial charge >= 0.3 is 0 Å². The molecule has 3 heteroatoms. The average Bonchev–Trinajstić information content (AvgIpc) is 2.14. The Labute approximate surface area is 52.8 Å². The van der Waals surface area contributed by atoms with Crippen LogP contribution in [0.1, 0.15) is 6.42 Å². The monoisotopic (exact) mass is 134 g/mol. The number of rotatable bonds is 1. The highest BCUT2D eigenvalue weighted by Gasteiger charge is 2.24. The summed E-state index contributed by atoms with van der Waals surface area (Å²) in [5.41, 5.74) is 0. The number of carbonyl (C=O) groups is 1. The third kappa shape index (κ3) is 1.01. The summed E-state index contributed by atoms with van der Waals surface area (Å²) in [5.74, 6) is 0. The van der Waals surface area contributed by atoms with Crippen LogP contribution < -0.4 is 0 Å². The summed E-state index contributed by atoms with van der Waals surface area (Å²) in [6.45, 7) is 0.623. The Balaban J connectivity index is 2.41. The summed E-state index contributed by atoms with van der Waals surface area (Å²) in [6, 6.07) is 0. The molecule has 0 spiro atoms. The van der Waals surface area contributed by atoms with E-state index < -0.39 is 0 Å². The van der Waals surface area contributed by atoms with E-state index in [4.69, 9.17) is 16.3 Å². The van der Waals surface area contributed by atoms with Crippen molar-refractivity contribution in [3.8, 4) is 0 Å². The van der Waals surface area contributed by atoms with E-state index in [1.54, 1.807) is 0 Å². The highest BCUT2D eigenvalue weighted by Crippen LogP contribution is 2.16. The molecule has 0 aromatic carbocycles. The summed E-state index contributed by atoms with van der Waals surface area (Å²) in [5, 5.41) is -0.0903. The summed E-state index contributed by atoms with van der Waals surface area (Å²) in [6.07, 6.45) is 1.20. The van der Waals surface area contributed by atoms with Gasteiger partial charge in [-0.05, 0) is 6.42 Å². The van der Waals surface area contributed by atoms with Crippen molar-refractivity contribution in [1.29, 1.82) is 0 Å². The summed E-state index contributed by atoms with van der Waals surface area (Å²) in [7, 11) is 0. The molecule has 0 radical (unpaired) electrons. The molecule has 0 N–H and O–H groups in total. The zero-order valence-electron chi connectivity index (χ0n) is 4.34. The molecule has 2 nitrogen and oxygen atoms in total. The molecule has 8 heavy (non-hydrogen) atoms. The van der Waals surface area contributed by atoms with Crippen molar-refractivity contribution in [2.24, 2.45) is 0 Å². The molecule has 0 saturated carbocycles. The van der Waals surface area contributed by atoms with Gasteiger partial charge in [0.25, 0.3) is 0 Å². The lowest BCUT2D eigenvalue weighted by atomic mass is 10.2. The van der Waals surface area contributed by atoms with Crippen molar-refractivity contribution in [2.45, 2.75) is 17.9 Å². The number of aldehydes is 1. The van der Waals surface area contributed by atoms with Crippen LogP contribution in [0.2, 0.25) is 0 Å². The molecule has 0 bridgehead atoms. The molecular weight excluding hydrogens is 128 g/mol. The van der Waals surface area contributed by atoms with Crippen LogP contribution in [0.15, 0.2) is 0 Å². The van der Waals surface area contributed by atoms with E-state index in [2.05, 4.69) is 0 Å². The van der Waals surface area contributed by atoms with E-state index in [1.165, 1.54) is 0 Å². The molecule has 1 aliphatic heterocycles. The Morgan fingerprint density at radius 3 is 2.75 bits per heavy atom. The van der Waals surface area contributed by atoms with E-state index in [9.17, 15) is 4.79 Å². The van der Waals surface area contributed by atoms with Crippen LogP contribution in [0.25, 0.3) is 0 Å². The lowest BCUT2D eigenvalue weighted by Gasteiger charge is -2.00. The molecule has 2 atom stereocenters. The van der Waals surface area contributed by atoms with Crippen LogP contribution >= 0.6 is 11.6 Å². The van der Waals surface area contributed by atoms with Gasteiger partial charge < -0.3 is 9.53 Å². The van der Waals surface area contributed by atoms with Crippen LogP contribution in [0, 0.1) is 0 Å². The van der Waals surface area contributed by atoms with Gasteiger partial charge in [-0.3, -0.25) is 0 Å². The predicted molar refractivity (Wildman–Crippen MR) is 30.1 cm³/mol. The quantitative estimate of drug-likeness (QED) is 0.388. The second kappa shape index (κ2) is 2.46. The molecule has 1 heterocycles. The van der Waals surface area contributed by atoms with Gasteiger partial charge in [0.1, 0.15) is 12.4 Å². The van der Waals surface area contributed by atoms with Gasteiger partial charge in [-0.25, -0.2) is 0 Å². The van der Waals surface area contributed by atoms with Gasteiger partial charge in [0.05, 0.1) is 5.38 Å². The van der Waals surface area contributed by atoms with Crippen molar-refractivity contribution in [3.05, 3.63) is 0 Å². The third-order valence-corrected chi connectivity index (χ3v) is 1.66. The van der Waals surface area contributed by atoms with Gasteiger partial charge in [0.2, 0.25) is 0 Å². The van der Waals surface area contributed by atoms with Crippen molar-refractivity contribution in [1.82, 2.24) is 0 Å². The highest BCUT2D eigenvalue weighted by atomic mass is 35.5. The maximum absolute atomic E-state index is 10.0. The van der Waals surface area contributed by atoms with Gasteiger partial charge in [-0.15, -0.1) is 11.6 Å². The van der Waals surface area contributed by atoms with Crippen LogP contribution in [0.4, 0.5) is 0 Å². The van der Waals surface area contributed by atoms with Gasteiger partial charge in [-0.2, -0.15) is 0 Å². The van der Waals surface area contributed by atoms with Crippen LogP contribution in [-0.2, 0) is 9.53 Å². The number of ether oxygens (including phenoxy) is 1. The van der Waals surface area contributed by atoms with E-state index in [0.29, 0.717) is 6.61 Å². The van der Waals surface area contributed by atoms with E-state index in [1.807, 2.05) is 0 Å². The molecule has 2 unspecified atom stereocenters. The molecule has 1 saturated heterocycles. The Morgan fingerprint density at radius 2 is 2.50 bits per heavy atom. The summed E-state index contributed by atoms with van der Waals surface area (Å²) in [4.78, 5) is 10.0. The van der Waals surface area contributed by atoms with Gasteiger partial charge in [0.15, 0.2) is 0 Å². The zero-order valence-corrected chi connectivity index (χ0v) is 5.10. The molecule has 1 aliphatic rings. The van der Waals surface area contributed by atoms with Crippen LogP contribution in [0.5, 0.6) is 0 Å². The normalized spacial score (nSPS) is 37.6. The van der Waals surface area contributed by atoms with Gasteiger partial charge in [0, 0.05) is 6.61 Å². The second-order valence-electron chi connectivity index (χ2n) is 1.78. The SMILES string of the molecule is O=CC1OCCC1Cl. The zero-order chi connectivity index (χ0) is 5.98. The number of hydrogen-bond acceptors (Lipinski definition) is 2. The first-order chi connectivity index (χ1) is 3.84. The predicted octanol–water partition coefficient (Wildman–Crippen LogP) is 0.582. The minimum Gasteiger partial charge on any atom is -0.369 e. The topological polar surface area (TPSA) is 26.3 Å². The van der Waals surface area contributed by atoms with E-state index in [-0.39, 0.29) is 11.5 Å². The first-order valence-electron chi connectivity index (χ1n) is 2.55. The van der Waals surface area contributed by atoms with Crippen LogP contribution in [-0.4, -0.2) is 24.4 Å². The van der Waals surface area contributed by atoms with Crippen molar-refractivity contribution < 1.29 is 9.53 Å². The van der Waals surface area contributed by atoms with Crippen LogP contribution in [0.3, 0.4) is 0 Å². The fourth-order valence-electron chi connectivity index (χ4n) is 0.710. The van der Waals surface area contributed by atoms with Crippen molar-refractivity contribution in [2.75, 3.05) is 6.61 Å². The van der Waals surface area contributed by atoms with E-state index in [0.717, 1.165) is 12.7 Å².